The molecule has 0 amide bonds. The zero-order valence-electron chi connectivity index (χ0n) is 10.5. The summed E-state index contributed by atoms with van der Waals surface area (Å²) < 4.78 is 5.05. The van der Waals surface area contributed by atoms with E-state index in [0.717, 1.165) is 0 Å². The number of hydrogen-bond acceptors (Lipinski definition) is 4. The van der Waals surface area contributed by atoms with Crippen LogP contribution in [0, 0.1) is 10.8 Å². The van der Waals surface area contributed by atoms with E-state index in [2.05, 4.69) is 0 Å². The van der Waals surface area contributed by atoms with Gasteiger partial charge in [-0.15, -0.1) is 0 Å². The fourth-order valence-corrected chi connectivity index (χ4v) is 1.76. The maximum atomic E-state index is 11.7. The number of rotatable bonds is 6. The van der Waals surface area contributed by atoms with Gasteiger partial charge in [0.2, 0.25) is 0 Å². The van der Waals surface area contributed by atoms with Gasteiger partial charge in [0, 0.05) is 5.75 Å². The Morgan fingerprint density at radius 1 is 1.19 bits per heavy atom. The van der Waals surface area contributed by atoms with Crippen LogP contribution in [0.3, 0.4) is 0 Å². The summed E-state index contributed by atoms with van der Waals surface area (Å²) in [7, 11) is 0. The highest BCUT2D eigenvalue weighted by Crippen LogP contribution is 2.24. The van der Waals surface area contributed by atoms with Gasteiger partial charge in [-0.05, 0) is 34.0 Å². The second-order valence-corrected chi connectivity index (χ2v) is 5.95. The van der Waals surface area contributed by atoms with Gasteiger partial charge >= 0.3 is 11.9 Å². The van der Waals surface area contributed by atoms with Crippen molar-refractivity contribution in [3.05, 3.63) is 0 Å². The van der Waals surface area contributed by atoms with Crippen LogP contribution in [-0.4, -0.2) is 35.7 Å². The third-order valence-corrected chi connectivity index (χ3v) is 3.21. The summed E-state index contributed by atoms with van der Waals surface area (Å²) in [6.45, 7) is 6.55. The van der Waals surface area contributed by atoms with Crippen molar-refractivity contribution < 1.29 is 19.4 Å². The summed E-state index contributed by atoms with van der Waals surface area (Å²) >= 11 is 1.56. The molecule has 0 atom stereocenters. The first-order valence-corrected chi connectivity index (χ1v) is 6.42. The average molecular weight is 248 g/mol. The predicted molar refractivity (Wildman–Crippen MR) is 64.5 cm³/mol. The monoisotopic (exact) mass is 248 g/mol. The first-order valence-electron chi connectivity index (χ1n) is 5.03. The molecular weight excluding hydrogens is 228 g/mol. The molecular formula is C11H20O4S. The first-order chi connectivity index (χ1) is 7.13. The Kier molecular flexibility index (Phi) is 5.32. The zero-order valence-corrected chi connectivity index (χ0v) is 11.3. The Balaban J connectivity index is 4.33. The normalized spacial score (nSPS) is 12.3. The van der Waals surface area contributed by atoms with Crippen molar-refractivity contribution in [3.63, 3.8) is 0 Å². The van der Waals surface area contributed by atoms with Gasteiger partial charge in [-0.25, -0.2) is 0 Å². The van der Waals surface area contributed by atoms with E-state index in [1.54, 1.807) is 25.6 Å². The molecule has 0 aromatic rings. The van der Waals surface area contributed by atoms with Crippen molar-refractivity contribution in [3.8, 4) is 0 Å². The summed E-state index contributed by atoms with van der Waals surface area (Å²) in [5, 5.41) is 8.86. The molecule has 0 heterocycles. The van der Waals surface area contributed by atoms with E-state index in [-0.39, 0.29) is 12.6 Å². The van der Waals surface area contributed by atoms with Crippen LogP contribution in [0.5, 0.6) is 0 Å². The highest BCUT2D eigenvalue weighted by molar-refractivity contribution is 7.98. The Bertz CT molecular complexity index is 271. The molecule has 0 saturated heterocycles. The van der Waals surface area contributed by atoms with Gasteiger partial charge in [0.1, 0.15) is 6.61 Å². The van der Waals surface area contributed by atoms with E-state index in [1.807, 2.05) is 6.26 Å². The number of esters is 1. The van der Waals surface area contributed by atoms with Crippen molar-refractivity contribution in [1.29, 1.82) is 0 Å². The number of thioether (sulfide) groups is 1. The Hall–Kier alpha value is -0.710. The van der Waals surface area contributed by atoms with Crippen molar-refractivity contribution >= 4 is 23.7 Å². The van der Waals surface area contributed by atoms with Crippen LogP contribution >= 0.6 is 11.8 Å². The number of carbonyl (C=O) groups excluding carboxylic acids is 1. The van der Waals surface area contributed by atoms with Gasteiger partial charge in [-0.3, -0.25) is 9.59 Å². The Morgan fingerprint density at radius 3 is 2.06 bits per heavy atom. The van der Waals surface area contributed by atoms with Crippen molar-refractivity contribution in [2.45, 2.75) is 27.7 Å². The molecule has 0 aliphatic rings. The van der Waals surface area contributed by atoms with Crippen LogP contribution in [0.2, 0.25) is 0 Å². The molecule has 0 spiro atoms. The van der Waals surface area contributed by atoms with Gasteiger partial charge in [-0.2, -0.15) is 11.8 Å². The summed E-state index contributed by atoms with van der Waals surface area (Å²) in [5.41, 5.74) is -1.61. The lowest BCUT2D eigenvalue weighted by Crippen LogP contribution is -2.35. The van der Waals surface area contributed by atoms with Crippen molar-refractivity contribution in [2.75, 3.05) is 18.6 Å². The molecule has 1 N–H and O–H groups in total. The smallest absolute Gasteiger partial charge is 0.312 e. The second kappa shape index (κ2) is 5.57. The minimum Gasteiger partial charge on any atom is -0.481 e. The van der Waals surface area contributed by atoms with E-state index >= 15 is 0 Å². The first kappa shape index (κ1) is 15.3. The summed E-state index contributed by atoms with van der Waals surface area (Å²) in [4.78, 5) is 22.5. The average Bonchev–Trinajstić information content (AvgIpc) is 2.13. The van der Waals surface area contributed by atoms with Gasteiger partial charge < -0.3 is 9.84 Å². The standard InChI is InChI=1S/C11H20O4S/c1-10(2,8(12)13)6-15-9(14)11(3,4)7-16-5/h6-7H2,1-5H3,(H,12,13). The lowest BCUT2D eigenvalue weighted by atomic mass is 9.94. The largest absolute Gasteiger partial charge is 0.481 e. The van der Waals surface area contributed by atoms with E-state index in [1.165, 1.54) is 13.8 Å². The van der Waals surface area contributed by atoms with Crippen LogP contribution in [0.25, 0.3) is 0 Å². The van der Waals surface area contributed by atoms with Gasteiger partial charge in [0.25, 0.3) is 0 Å². The molecule has 94 valence electrons. The lowest BCUT2D eigenvalue weighted by Gasteiger charge is -2.25. The summed E-state index contributed by atoms with van der Waals surface area (Å²) in [5.74, 6) is -0.668. The number of carbonyl (C=O) groups is 2. The lowest BCUT2D eigenvalue weighted by molar-refractivity contribution is -0.161. The maximum Gasteiger partial charge on any atom is 0.312 e. The number of aliphatic carboxylic acids is 1. The molecule has 0 radical (unpaired) electrons. The Labute approximate surface area is 101 Å². The van der Waals surface area contributed by atoms with Crippen molar-refractivity contribution in [2.24, 2.45) is 10.8 Å². The molecule has 16 heavy (non-hydrogen) atoms. The number of carboxylic acid groups (broad SMARTS) is 1. The molecule has 0 bridgehead atoms. The van der Waals surface area contributed by atoms with Crippen LogP contribution in [0.4, 0.5) is 0 Å². The van der Waals surface area contributed by atoms with E-state index in [9.17, 15) is 9.59 Å². The second-order valence-electron chi connectivity index (χ2n) is 5.08. The number of hydrogen-bond donors (Lipinski definition) is 1. The highest BCUT2D eigenvalue weighted by Gasteiger charge is 2.33. The van der Waals surface area contributed by atoms with E-state index in [0.29, 0.717) is 5.75 Å². The van der Waals surface area contributed by atoms with Crippen LogP contribution in [0.1, 0.15) is 27.7 Å². The van der Waals surface area contributed by atoms with Gasteiger partial charge in [-0.1, -0.05) is 0 Å². The molecule has 0 aliphatic heterocycles. The number of carboxylic acids is 1. The third-order valence-electron chi connectivity index (χ3n) is 2.20. The molecule has 0 aliphatic carbocycles. The maximum absolute atomic E-state index is 11.7. The fraction of sp³-hybridized carbons (Fsp3) is 0.818. The third kappa shape index (κ3) is 4.43. The molecule has 0 aromatic carbocycles. The molecule has 0 fully saturated rings. The van der Waals surface area contributed by atoms with E-state index < -0.39 is 16.8 Å². The van der Waals surface area contributed by atoms with E-state index in [4.69, 9.17) is 9.84 Å². The zero-order chi connectivity index (χ0) is 13.0. The molecule has 0 rings (SSSR count). The summed E-state index contributed by atoms with van der Waals surface area (Å²) in [6.07, 6.45) is 1.91. The topological polar surface area (TPSA) is 63.6 Å². The molecule has 0 saturated carbocycles. The molecule has 0 aromatic heterocycles. The van der Waals surface area contributed by atoms with Crippen LogP contribution in [0.15, 0.2) is 0 Å². The van der Waals surface area contributed by atoms with Gasteiger partial charge in [0.05, 0.1) is 10.8 Å². The Morgan fingerprint density at radius 2 is 1.69 bits per heavy atom. The van der Waals surface area contributed by atoms with Gasteiger partial charge in [0.15, 0.2) is 0 Å². The number of ether oxygens (including phenoxy) is 1. The van der Waals surface area contributed by atoms with Crippen LogP contribution in [-0.2, 0) is 14.3 Å². The quantitative estimate of drug-likeness (QED) is 0.729. The van der Waals surface area contributed by atoms with Crippen molar-refractivity contribution in [1.82, 2.24) is 0 Å². The fourth-order valence-electron chi connectivity index (χ4n) is 0.923. The minimum atomic E-state index is -1.04. The minimum absolute atomic E-state index is 0.0982. The molecule has 5 heteroatoms. The SMILES string of the molecule is CSCC(C)(C)C(=O)OCC(C)(C)C(=O)O. The highest BCUT2D eigenvalue weighted by atomic mass is 32.2. The van der Waals surface area contributed by atoms with Crippen LogP contribution < -0.4 is 0 Å². The molecule has 0 unspecified atom stereocenters. The summed E-state index contributed by atoms with van der Waals surface area (Å²) in [6, 6.07) is 0. The molecule has 4 nitrogen and oxygen atoms in total. The predicted octanol–water partition coefficient (Wildman–Crippen LogP) is 2.03.